The van der Waals surface area contributed by atoms with Gasteiger partial charge in [0.05, 0.1) is 17.9 Å². The number of hydrogen-bond acceptors (Lipinski definition) is 5. The molecule has 98 valence electrons. The van der Waals surface area contributed by atoms with Crippen LogP contribution in [0.4, 0.5) is 0 Å². The van der Waals surface area contributed by atoms with E-state index >= 15 is 0 Å². The van der Waals surface area contributed by atoms with Crippen LogP contribution in [-0.2, 0) is 17.4 Å². The molecule has 1 aromatic heterocycles. The Morgan fingerprint density at radius 1 is 1.53 bits per heavy atom. The zero-order chi connectivity index (χ0) is 14.0. The molecule has 1 aliphatic heterocycles. The van der Waals surface area contributed by atoms with Crippen molar-refractivity contribution in [2.75, 3.05) is 0 Å². The number of pyridine rings is 1. The molecule has 4 atom stereocenters. The maximum atomic E-state index is 11.9. The van der Waals surface area contributed by atoms with Crippen LogP contribution in [0.3, 0.4) is 0 Å². The summed E-state index contributed by atoms with van der Waals surface area (Å²) in [5.41, 5.74) is 1.59. The molecule has 0 saturated heterocycles. The van der Waals surface area contributed by atoms with Gasteiger partial charge in [0.25, 0.3) is 0 Å². The lowest BCUT2D eigenvalue weighted by atomic mass is 9.72. The molecule has 0 aromatic carbocycles. The van der Waals surface area contributed by atoms with E-state index in [1.807, 2.05) is 13.0 Å². The molecule has 0 aliphatic carbocycles. The summed E-state index contributed by atoms with van der Waals surface area (Å²) in [7, 11) is 0. The summed E-state index contributed by atoms with van der Waals surface area (Å²) in [5.74, 6) is -1.10. The van der Waals surface area contributed by atoms with Gasteiger partial charge in [-0.2, -0.15) is 5.26 Å². The second-order valence-corrected chi connectivity index (χ2v) is 5.20. The third-order valence-corrected chi connectivity index (χ3v) is 3.89. The molecular formula is C14H14N3OS-. The van der Waals surface area contributed by atoms with Crippen LogP contribution < -0.4 is 0 Å². The van der Waals surface area contributed by atoms with E-state index in [-0.39, 0.29) is 17.6 Å². The number of rotatable bonds is 2. The fourth-order valence-corrected chi connectivity index (χ4v) is 3.07. The van der Waals surface area contributed by atoms with Crippen LogP contribution >= 0.6 is 0 Å². The van der Waals surface area contributed by atoms with Crippen molar-refractivity contribution < 1.29 is 4.79 Å². The smallest absolute Gasteiger partial charge is 0.139 e. The SMILES string of the molecule is CC(=O)C1C(C)=N[C@@H]([S-])[C@@H](C#N)[C@@H]1c1cccnc1. The van der Waals surface area contributed by atoms with Gasteiger partial charge in [0.15, 0.2) is 0 Å². The number of carbonyl (C=O) groups excluding carboxylic acids is 1. The summed E-state index contributed by atoms with van der Waals surface area (Å²) < 4.78 is 0. The molecule has 2 rings (SSSR count). The summed E-state index contributed by atoms with van der Waals surface area (Å²) in [6.45, 7) is 3.34. The summed E-state index contributed by atoms with van der Waals surface area (Å²) >= 11 is 5.26. The van der Waals surface area contributed by atoms with Crippen molar-refractivity contribution in [3.63, 3.8) is 0 Å². The highest BCUT2D eigenvalue weighted by atomic mass is 32.1. The third kappa shape index (κ3) is 2.54. The van der Waals surface area contributed by atoms with Crippen LogP contribution in [0.25, 0.3) is 0 Å². The lowest BCUT2D eigenvalue weighted by Gasteiger charge is -2.40. The number of hydrogen-bond donors (Lipinski definition) is 0. The Kier molecular flexibility index (Phi) is 4.01. The largest absolute Gasteiger partial charge is 0.765 e. The number of Topliss-reactive ketones (excluding diaryl/α,β-unsaturated/α-hetero) is 1. The first-order valence-corrected chi connectivity index (χ1v) is 6.53. The minimum absolute atomic E-state index is 0.0113. The van der Waals surface area contributed by atoms with E-state index in [9.17, 15) is 10.1 Å². The second-order valence-electron chi connectivity index (χ2n) is 4.72. The second kappa shape index (κ2) is 5.54. The van der Waals surface area contributed by atoms with Crippen LogP contribution in [0.15, 0.2) is 29.5 Å². The summed E-state index contributed by atoms with van der Waals surface area (Å²) in [4.78, 5) is 20.3. The molecule has 1 aliphatic rings. The number of nitrogens with zero attached hydrogens (tertiary/aromatic N) is 3. The highest BCUT2D eigenvalue weighted by Gasteiger charge is 2.39. The van der Waals surface area contributed by atoms with Crippen molar-refractivity contribution in [2.24, 2.45) is 16.8 Å². The maximum absolute atomic E-state index is 11.9. The molecule has 0 bridgehead atoms. The lowest BCUT2D eigenvalue weighted by Crippen LogP contribution is -2.40. The van der Waals surface area contributed by atoms with Crippen molar-refractivity contribution in [2.45, 2.75) is 25.1 Å². The van der Waals surface area contributed by atoms with Crippen LogP contribution in [0, 0.1) is 23.2 Å². The minimum Gasteiger partial charge on any atom is -0.765 e. The zero-order valence-electron chi connectivity index (χ0n) is 10.8. The predicted octanol–water partition coefficient (Wildman–Crippen LogP) is 1.86. The fraction of sp³-hybridized carbons (Fsp3) is 0.429. The molecule has 1 aromatic rings. The van der Waals surface area contributed by atoms with Gasteiger partial charge in [-0.05, 0) is 25.5 Å². The molecule has 19 heavy (non-hydrogen) atoms. The number of carbonyl (C=O) groups is 1. The topological polar surface area (TPSA) is 66.1 Å². The van der Waals surface area contributed by atoms with Gasteiger partial charge in [0.2, 0.25) is 0 Å². The Morgan fingerprint density at radius 2 is 2.26 bits per heavy atom. The number of nitriles is 1. The van der Waals surface area contributed by atoms with E-state index in [0.717, 1.165) is 5.56 Å². The van der Waals surface area contributed by atoms with Crippen molar-refractivity contribution in [3.05, 3.63) is 30.1 Å². The van der Waals surface area contributed by atoms with Gasteiger partial charge >= 0.3 is 0 Å². The Morgan fingerprint density at radius 3 is 2.79 bits per heavy atom. The first-order chi connectivity index (χ1) is 9.06. The lowest BCUT2D eigenvalue weighted by molar-refractivity contribution is -0.119. The molecule has 4 nitrogen and oxygen atoms in total. The van der Waals surface area contributed by atoms with E-state index in [0.29, 0.717) is 5.71 Å². The molecule has 0 spiro atoms. The first kappa shape index (κ1) is 13.8. The van der Waals surface area contributed by atoms with Crippen molar-refractivity contribution >= 4 is 24.1 Å². The average Bonchev–Trinajstić information content (AvgIpc) is 2.38. The maximum Gasteiger partial charge on any atom is 0.139 e. The van der Waals surface area contributed by atoms with Gasteiger partial charge in [-0.25, -0.2) is 0 Å². The van der Waals surface area contributed by atoms with Crippen LogP contribution in [0.5, 0.6) is 0 Å². The number of aliphatic imine (C=N–C) groups is 1. The van der Waals surface area contributed by atoms with E-state index in [1.165, 1.54) is 6.92 Å². The first-order valence-electron chi connectivity index (χ1n) is 6.06. The molecule has 0 amide bonds. The molecule has 1 unspecified atom stereocenters. The van der Waals surface area contributed by atoms with Gasteiger partial charge in [-0.3, -0.25) is 9.78 Å². The van der Waals surface area contributed by atoms with Crippen molar-refractivity contribution in [1.82, 2.24) is 4.98 Å². The predicted molar refractivity (Wildman–Crippen MR) is 74.5 cm³/mol. The summed E-state index contributed by atoms with van der Waals surface area (Å²) in [6, 6.07) is 5.91. The van der Waals surface area contributed by atoms with Crippen molar-refractivity contribution in [1.29, 1.82) is 5.26 Å². The summed E-state index contributed by atoms with van der Waals surface area (Å²) in [6.07, 6.45) is 3.37. The molecule has 0 N–H and O–H groups in total. The molecular weight excluding hydrogens is 258 g/mol. The van der Waals surface area contributed by atoms with Gasteiger partial charge in [0, 0.05) is 24.0 Å². The molecule has 5 heteroatoms. The molecule has 0 fully saturated rings. The number of ketones is 1. The third-order valence-electron chi connectivity index (χ3n) is 3.49. The molecule has 0 saturated carbocycles. The Balaban J connectivity index is 2.54. The Bertz CT molecular complexity index is 550. The quantitative estimate of drug-likeness (QED) is 0.771. The standard InChI is InChI=1S/C14H15N3OS/c1-8-12(9(2)18)13(10-4-3-5-16-7-10)11(6-15)14(19)17-8/h3-5,7,11-14,19H,1-2H3/p-1/t11-,12?,13-,14-/m0/s1. The van der Waals surface area contributed by atoms with Crippen LogP contribution in [-0.4, -0.2) is 21.9 Å². The summed E-state index contributed by atoms with van der Waals surface area (Å²) in [5, 5.41) is 8.85. The van der Waals surface area contributed by atoms with E-state index < -0.39 is 11.3 Å². The Hall–Kier alpha value is -1.67. The van der Waals surface area contributed by atoms with Gasteiger partial charge in [-0.1, -0.05) is 11.4 Å². The van der Waals surface area contributed by atoms with Crippen LogP contribution in [0.1, 0.15) is 25.3 Å². The minimum atomic E-state index is -0.509. The molecule has 2 heterocycles. The normalized spacial score (nSPS) is 30.3. The van der Waals surface area contributed by atoms with Crippen LogP contribution in [0.2, 0.25) is 0 Å². The molecule has 0 radical (unpaired) electrons. The Labute approximate surface area is 118 Å². The van der Waals surface area contributed by atoms with E-state index in [1.54, 1.807) is 18.5 Å². The van der Waals surface area contributed by atoms with Gasteiger partial charge in [0.1, 0.15) is 5.78 Å². The average molecular weight is 272 g/mol. The highest BCUT2D eigenvalue weighted by molar-refractivity contribution is 7.59. The highest BCUT2D eigenvalue weighted by Crippen LogP contribution is 2.39. The zero-order valence-corrected chi connectivity index (χ0v) is 11.6. The van der Waals surface area contributed by atoms with Crippen molar-refractivity contribution in [3.8, 4) is 6.07 Å². The van der Waals surface area contributed by atoms with Gasteiger partial charge < -0.3 is 17.6 Å². The number of aromatic nitrogens is 1. The fourth-order valence-electron chi connectivity index (χ4n) is 2.67. The van der Waals surface area contributed by atoms with E-state index in [4.69, 9.17) is 12.6 Å². The monoisotopic (exact) mass is 272 g/mol. The van der Waals surface area contributed by atoms with E-state index in [2.05, 4.69) is 16.0 Å². The van der Waals surface area contributed by atoms with Gasteiger partial charge in [-0.15, -0.1) is 0 Å².